The third-order valence-electron chi connectivity index (χ3n) is 5.38. The molecule has 0 aliphatic rings. The van der Waals surface area contributed by atoms with E-state index >= 15 is 0 Å². The van der Waals surface area contributed by atoms with Gasteiger partial charge in [0.05, 0.1) is 18.5 Å². The van der Waals surface area contributed by atoms with Crippen molar-refractivity contribution >= 4 is 11.6 Å². The fraction of sp³-hybridized carbons (Fsp3) is 0.269. The van der Waals surface area contributed by atoms with Crippen LogP contribution in [0.1, 0.15) is 37.2 Å². The van der Waals surface area contributed by atoms with E-state index in [1.165, 1.54) is 0 Å². The van der Waals surface area contributed by atoms with Crippen molar-refractivity contribution in [3.63, 3.8) is 0 Å². The third-order valence-corrected chi connectivity index (χ3v) is 5.38. The number of methoxy groups -OCH3 is 1. The van der Waals surface area contributed by atoms with Gasteiger partial charge in [0.25, 0.3) is 5.91 Å². The van der Waals surface area contributed by atoms with Crippen molar-refractivity contribution in [3.05, 3.63) is 72.4 Å². The topological polar surface area (TPSA) is 59.7 Å². The second-order valence-corrected chi connectivity index (χ2v) is 7.71. The summed E-state index contributed by atoms with van der Waals surface area (Å²) in [7, 11) is 1.64. The summed E-state index contributed by atoms with van der Waals surface area (Å²) in [6.45, 7) is 5.59. The van der Waals surface area contributed by atoms with Crippen LogP contribution >= 0.6 is 0 Å². The number of hydrogen-bond acceptors (Lipinski definition) is 4. The molecule has 0 N–H and O–H groups in total. The van der Waals surface area contributed by atoms with Crippen LogP contribution in [0.5, 0.6) is 5.75 Å². The maximum atomic E-state index is 13.6. The SMILES string of the molecule is CCCN(CCC)C(=O)c1cc(-c2ccc(OC)cc2)nc2cc(-c3ccccc3)nn12. The molecule has 0 fully saturated rings. The van der Waals surface area contributed by atoms with E-state index < -0.39 is 0 Å². The number of fused-ring (bicyclic) bond motifs is 1. The van der Waals surface area contributed by atoms with Crippen molar-refractivity contribution in [2.75, 3.05) is 20.2 Å². The van der Waals surface area contributed by atoms with E-state index in [0.29, 0.717) is 24.4 Å². The molecule has 0 unspecified atom stereocenters. The third kappa shape index (κ3) is 4.35. The van der Waals surface area contributed by atoms with Crippen molar-refractivity contribution in [1.82, 2.24) is 19.5 Å². The van der Waals surface area contributed by atoms with E-state index in [2.05, 4.69) is 13.8 Å². The summed E-state index contributed by atoms with van der Waals surface area (Å²) in [4.78, 5) is 20.3. The average molecular weight is 429 g/mol. The summed E-state index contributed by atoms with van der Waals surface area (Å²) in [5, 5.41) is 4.76. The monoisotopic (exact) mass is 428 g/mol. The van der Waals surface area contributed by atoms with Crippen molar-refractivity contribution in [2.45, 2.75) is 26.7 Å². The van der Waals surface area contributed by atoms with Gasteiger partial charge in [-0.05, 0) is 43.2 Å². The Kier molecular flexibility index (Phi) is 6.50. The maximum Gasteiger partial charge on any atom is 0.272 e. The van der Waals surface area contributed by atoms with Crippen LogP contribution in [0.2, 0.25) is 0 Å². The number of hydrogen-bond donors (Lipinski definition) is 0. The molecule has 4 aromatic rings. The Morgan fingerprint density at radius 3 is 2.19 bits per heavy atom. The van der Waals surface area contributed by atoms with Crippen LogP contribution in [0.3, 0.4) is 0 Å². The Morgan fingerprint density at radius 1 is 0.906 bits per heavy atom. The number of amides is 1. The summed E-state index contributed by atoms with van der Waals surface area (Å²) >= 11 is 0. The summed E-state index contributed by atoms with van der Waals surface area (Å²) in [6.07, 6.45) is 1.80. The molecule has 6 heteroatoms. The van der Waals surface area contributed by atoms with Gasteiger partial charge in [0.1, 0.15) is 11.4 Å². The second-order valence-electron chi connectivity index (χ2n) is 7.71. The number of carbonyl (C=O) groups excluding carboxylic acids is 1. The average Bonchev–Trinajstić information content (AvgIpc) is 3.28. The predicted molar refractivity (Wildman–Crippen MR) is 127 cm³/mol. The molecule has 0 aliphatic heterocycles. The highest BCUT2D eigenvalue weighted by atomic mass is 16.5. The summed E-state index contributed by atoms with van der Waals surface area (Å²) in [5.41, 5.74) is 4.59. The smallest absolute Gasteiger partial charge is 0.272 e. The van der Waals surface area contributed by atoms with Gasteiger partial charge >= 0.3 is 0 Å². The highest BCUT2D eigenvalue weighted by Crippen LogP contribution is 2.26. The Labute approximate surface area is 188 Å². The van der Waals surface area contributed by atoms with Gasteiger partial charge in [0.2, 0.25) is 0 Å². The second kappa shape index (κ2) is 9.64. The molecule has 164 valence electrons. The molecule has 2 heterocycles. The largest absolute Gasteiger partial charge is 0.497 e. The van der Waals surface area contributed by atoms with Gasteiger partial charge in [-0.25, -0.2) is 9.50 Å². The molecule has 0 aliphatic carbocycles. The van der Waals surface area contributed by atoms with Gasteiger partial charge in [0, 0.05) is 30.3 Å². The Morgan fingerprint density at radius 2 is 1.56 bits per heavy atom. The zero-order chi connectivity index (χ0) is 22.5. The van der Waals surface area contributed by atoms with Crippen molar-refractivity contribution in [3.8, 4) is 28.3 Å². The fourth-order valence-electron chi connectivity index (χ4n) is 3.80. The molecular formula is C26H28N4O2. The lowest BCUT2D eigenvalue weighted by molar-refractivity contribution is 0.0746. The van der Waals surface area contributed by atoms with Crippen molar-refractivity contribution in [2.24, 2.45) is 0 Å². The van der Waals surface area contributed by atoms with Crippen LogP contribution in [0.15, 0.2) is 66.7 Å². The van der Waals surface area contributed by atoms with Gasteiger partial charge in [0.15, 0.2) is 5.65 Å². The molecule has 0 bridgehead atoms. The van der Waals surface area contributed by atoms with E-state index in [4.69, 9.17) is 14.8 Å². The number of rotatable bonds is 8. The van der Waals surface area contributed by atoms with Crippen LogP contribution < -0.4 is 4.74 Å². The lowest BCUT2D eigenvalue weighted by Gasteiger charge is -2.22. The first-order valence-corrected chi connectivity index (χ1v) is 11.0. The first-order chi connectivity index (χ1) is 15.6. The first-order valence-electron chi connectivity index (χ1n) is 11.0. The number of nitrogens with zero attached hydrogens (tertiary/aromatic N) is 4. The molecule has 0 spiro atoms. The van der Waals surface area contributed by atoms with E-state index in [1.807, 2.05) is 71.6 Å². The van der Waals surface area contributed by atoms with Crippen LogP contribution in [0.25, 0.3) is 28.2 Å². The lowest BCUT2D eigenvalue weighted by Crippen LogP contribution is -2.34. The molecule has 0 saturated carbocycles. The minimum atomic E-state index is -0.0291. The van der Waals surface area contributed by atoms with Crippen molar-refractivity contribution in [1.29, 1.82) is 0 Å². The number of carbonyl (C=O) groups is 1. The molecule has 0 atom stereocenters. The molecular weight excluding hydrogens is 400 g/mol. The predicted octanol–water partition coefficient (Wildman–Crippen LogP) is 5.33. The minimum Gasteiger partial charge on any atom is -0.497 e. The van der Waals surface area contributed by atoms with Crippen LogP contribution in [-0.2, 0) is 0 Å². The number of aromatic nitrogens is 3. The van der Waals surface area contributed by atoms with Gasteiger partial charge < -0.3 is 9.64 Å². The summed E-state index contributed by atoms with van der Waals surface area (Å²) in [6, 6.07) is 21.4. The highest BCUT2D eigenvalue weighted by molar-refractivity contribution is 5.94. The lowest BCUT2D eigenvalue weighted by atomic mass is 10.1. The molecule has 6 nitrogen and oxygen atoms in total. The van der Waals surface area contributed by atoms with Gasteiger partial charge in [-0.2, -0.15) is 5.10 Å². The quantitative estimate of drug-likeness (QED) is 0.380. The van der Waals surface area contributed by atoms with E-state index in [-0.39, 0.29) is 5.91 Å². The molecule has 0 saturated heterocycles. The maximum absolute atomic E-state index is 13.6. The van der Waals surface area contributed by atoms with Crippen molar-refractivity contribution < 1.29 is 9.53 Å². The fourth-order valence-corrected chi connectivity index (χ4v) is 3.80. The van der Waals surface area contributed by atoms with Crippen LogP contribution in [-0.4, -0.2) is 45.6 Å². The Balaban J connectivity index is 1.87. The first kappa shape index (κ1) is 21.6. The Hall–Kier alpha value is -3.67. The highest BCUT2D eigenvalue weighted by Gasteiger charge is 2.21. The zero-order valence-electron chi connectivity index (χ0n) is 18.8. The molecule has 32 heavy (non-hydrogen) atoms. The van der Waals surface area contributed by atoms with E-state index in [0.717, 1.165) is 41.1 Å². The normalized spacial score (nSPS) is 11.0. The van der Waals surface area contributed by atoms with Crippen LogP contribution in [0.4, 0.5) is 0 Å². The molecule has 1 amide bonds. The number of ether oxygens (including phenoxy) is 1. The summed E-state index contributed by atoms with van der Waals surface area (Å²) < 4.78 is 6.96. The zero-order valence-corrected chi connectivity index (χ0v) is 18.8. The molecule has 0 radical (unpaired) electrons. The van der Waals surface area contributed by atoms with Crippen LogP contribution in [0, 0.1) is 0 Å². The summed E-state index contributed by atoms with van der Waals surface area (Å²) in [5.74, 6) is 0.748. The molecule has 4 rings (SSSR count). The molecule has 2 aromatic carbocycles. The van der Waals surface area contributed by atoms with Gasteiger partial charge in [-0.15, -0.1) is 0 Å². The minimum absolute atomic E-state index is 0.0291. The Bertz CT molecular complexity index is 1190. The van der Waals surface area contributed by atoms with E-state index in [9.17, 15) is 4.79 Å². The standard InChI is InChI=1S/C26H28N4O2/c1-4-15-29(16-5-2)26(31)24-17-22(20-11-13-21(32-3)14-12-20)27-25-18-23(28-30(24)25)19-9-7-6-8-10-19/h6-14,17-18H,4-5,15-16H2,1-3H3. The van der Waals surface area contributed by atoms with Gasteiger partial charge in [-0.1, -0.05) is 44.2 Å². The number of benzene rings is 2. The molecule has 2 aromatic heterocycles. The van der Waals surface area contributed by atoms with Gasteiger partial charge in [-0.3, -0.25) is 4.79 Å². The van der Waals surface area contributed by atoms with E-state index in [1.54, 1.807) is 11.6 Å².